The first-order valence-electron chi connectivity index (χ1n) is 11.0. The Balaban J connectivity index is 1.40. The molecule has 10 heteroatoms. The molecule has 0 fully saturated rings. The molecule has 3 heterocycles. The maximum Gasteiger partial charge on any atom is 0.264 e. The van der Waals surface area contributed by atoms with Gasteiger partial charge < -0.3 is 9.73 Å². The summed E-state index contributed by atoms with van der Waals surface area (Å²) in [7, 11) is -3.90. The van der Waals surface area contributed by atoms with Crippen LogP contribution in [0.1, 0.15) is 21.8 Å². The van der Waals surface area contributed by atoms with Gasteiger partial charge in [0.05, 0.1) is 16.0 Å². The van der Waals surface area contributed by atoms with Crippen molar-refractivity contribution in [2.45, 2.75) is 18.7 Å². The molecular weight excluding hydrogens is 478 g/mol. The number of sulfonamides is 1. The molecule has 0 saturated heterocycles. The van der Waals surface area contributed by atoms with Gasteiger partial charge >= 0.3 is 0 Å². The molecule has 5 rings (SSSR count). The number of nitrogens with one attached hydrogen (secondary N) is 2. The number of nitrogens with zero attached hydrogens (tertiary/aromatic N) is 3. The molecular formula is C26H21N5O4S. The number of fused-ring (bicyclic) bond motifs is 1. The minimum atomic E-state index is -3.90. The van der Waals surface area contributed by atoms with Crippen LogP contribution in [0.4, 0.5) is 11.6 Å². The van der Waals surface area contributed by atoms with Gasteiger partial charge in [0.1, 0.15) is 11.5 Å². The number of amides is 1. The van der Waals surface area contributed by atoms with Gasteiger partial charge in [0.15, 0.2) is 5.76 Å². The number of pyridine rings is 1. The molecule has 0 bridgehead atoms. The van der Waals surface area contributed by atoms with Crippen molar-refractivity contribution in [2.75, 3.05) is 10.0 Å². The Labute approximate surface area is 207 Å². The van der Waals surface area contributed by atoms with Crippen molar-refractivity contribution in [2.24, 2.45) is 0 Å². The fraction of sp³-hybridized carbons (Fsp3) is 0.0769. The third-order valence-electron chi connectivity index (χ3n) is 5.40. The van der Waals surface area contributed by atoms with E-state index >= 15 is 0 Å². The van der Waals surface area contributed by atoms with Crippen LogP contribution in [0.3, 0.4) is 0 Å². The molecule has 0 atom stereocenters. The highest BCUT2D eigenvalue weighted by Gasteiger charge is 2.18. The van der Waals surface area contributed by atoms with E-state index in [9.17, 15) is 13.2 Å². The van der Waals surface area contributed by atoms with Crippen LogP contribution in [0.15, 0.2) is 88.3 Å². The van der Waals surface area contributed by atoms with Crippen molar-refractivity contribution >= 4 is 38.5 Å². The topological polar surface area (TPSA) is 127 Å². The summed E-state index contributed by atoms with van der Waals surface area (Å²) in [6.45, 7) is 3.58. The van der Waals surface area contributed by atoms with Crippen LogP contribution in [0.2, 0.25) is 0 Å². The number of carbonyl (C=O) groups excluding carboxylic acids is 1. The average molecular weight is 500 g/mol. The van der Waals surface area contributed by atoms with Gasteiger partial charge in [0.2, 0.25) is 5.95 Å². The van der Waals surface area contributed by atoms with E-state index in [4.69, 9.17) is 4.42 Å². The van der Waals surface area contributed by atoms with Crippen LogP contribution in [-0.2, 0) is 10.0 Å². The van der Waals surface area contributed by atoms with E-state index in [1.54, 1.807) is 19.1 Å². The highest BCUT2D eigenvalue weighted by atomic mass is 32.2. The van der Waals surface area contributed by atoms with Crippen molar-refractivity contribution in [3.05, 3.63) is 96.0 Å². The van der Waals surface area contributed by atoms with E-state index in [-0.39, 0.29) is 16.8 Å². The first kappa shape index (κ1) is 23.2. The van der Waals surface area contributed by atoms with Crippen LogP contribution < -0.4 is 10.0 Å². The molecule has 5 aromatic rings. The lowest BCUT2D eigenvalue weighted by Gasteiger charge is -2.11. The van der Waals surface area contributed by atoms with Gasteiger partial charge in [-0.05, 0) is 68.4 Å². The Kier molecular flexibility index (Phi) is 5.95. The maximum absolute atomic E-state index is 13.3. The summed E-state index contributed by atoms with van der Waals surface area (Å²) in [5.74, 6) is 0.927. The van der Waals surface area contributed by atoms with Gasteiger partial charge in [0.25, 0.3) is 15.9 Å². The molecule has 0 aliphatic rings. The van der Waals surface area contributed by atoms with Gasteiger partial charge in [-0.25, -0.2) is 28.1 Å². The third-order valence-corrected chi connectivity index (χ3v) is 6.74. The molecule has 36 heavy (non-hydrogen) atoms. The van der Waals surface area contributed by atoms with Crippen LogP contribution in [0.5, 0.6) is 0 Å². The van der Waals surface area contributed by atoms with Crippen molar-refractivity contribution in [3.8, 4) is 11.5 Å². The van der Waals surface area contributed by atoms with Gasteiger partial charge in [-0.2, -0.15) is 0 Å². The first-order chi connectivity index (χ1) is 17.3. The second-order valence-electron chi connectivity index (χ2n) is 8.09. The van der Waals surface area contributed by atoms with E-state index < -0.39 is 10.0 Å². The Morgan fingerprint density at radius 3 is 2.42 bits per heavy atom. The second kappa shape index (κ2) is 9.23. The van der Waals surface area contributed by atoms with Crippen LogP contribution in [0.25, 0.3) is 22.4 Å². The monoisotopic (exact) mass is 499 g/mol. The van der Waals surface area contributed by atoms with Gasteiger partial charge in [-0.1, -0.05) is 18.2 Å². The Morgan fingerprint density at radius 2 is 1.69 bits per heavy atom. The fourth-order valence-electron chi connectivity index (χ4n) is 3.65. The molecule has 2 N–H and O–H groups in total. The van der Waals surface area contributed by atoms with E-state index in [0.717, 1.165) is 5.76 Å². The number of carbonyl (C=O) groups is 1. The fourth-order valence-corrected chi connectivity index (χ4v) is 4.61. The standard InChI is InChI=1S/C26H21N5O4S/c1-16-13-14-27-26(28-16)31-36(33,34)19-10-8-18(9-11-19)29-25(32)21-15-23(24-12-7-17(2)35-24)30-22-6-4-3-5-20(21)22/h3-15H,1-2H3,(H,29,32)(H,27,28,31). The van der Waals surface area contributed by atoms with Gasteiger partial charge in [-0.15, -0.1) is 0 Å². The molecule has 0 spiro atoms. The Hall–Kier alpha value is -4.57. The minimum Gasteiger partial charge on any atom is -0.460 e. The second-order valence-corrected chi connectivity index (χ2v) is 9.77. The number of anilines is 2. The molecule has 1 amide bonds. The molecule has 0 saturated carbocycles. The number of benzene rings is 2. The predicted molar refractivity (Wildman–Crippen MR) is 136 cm³/mol. The lowest BCUT2D eigenvalue weighted by molar-refractivity contribution is 0.102. The minimum absolute atomic E-state index is 0.00967. The summed E-state index contributed by atoms with van der Waals surface area (Å²) >= 11 is 0. The third kappa shape index (κ3) is 4.80. The number of aromatic nitrogens is 3. The number of rotatable bonds is 6. The molecule has 0 aliphatic heterocycles. The average Bonchev–Trinajstić information content (AvgIpc) is 3.29. The number of hydrogen-bond acceptors (Lipinski definition) is 7. The zero-order chi connectivity index (χ0) is 25.3. The number of hydrogen-bond donors (Lipinski definition) is 2. The Bertz CT molecular complexity index is 1700. The van der Waals surface area contributed by atoms with Gasteiger partial charge in [-0.3, -0.25) is 4.79 Å². The summed E-state index contributed by atoms with van der Waals surface area (Å²) in [5, 5.41) is 3.52. The highest BCUT2D eigenvalue weighted by Crippen LogP contribution is 2.27. The lowest BCUT2D eigenvalue weighted by Crippen LogP contribution is -2.16. The van der Waals surface area contributed by atoms with Crippen LogP contribution in [0, 0.1) is 13.8 Å². The van der Waals surface area contributed by atoms with E-state index in [0.29, 0.717) is 39.3 Å². The highest BCUT2D eigenvalue weighted by molar-refractivity contribution is 7.92. The quantitative estimate of drug-likeness (QED) is 0.338. The summed E-state index contributed by atoms with van der Waals surface area (Å²) in [4.78, 5) is 25.9. The van der Waals surface area contributed by atoms with Crippen molar-refractivity contribution in [3.63, 3.8) is 0 Å². The van der Waals surface area contributed by atoms with Crippen LogP contribution in [-0.4, -0.2) is 29.3 Å². The number of furan rings is 1. The Morgan fingerprint density at radius 1 is 0.917 bits per heavy atom. The molecule has 0 unspecified atom stereocenters. The van der Waals surface area contributed by atoms with Crippen molar-refractivity contribution in [1.82, 2.24) is 15.0 Å². The SMILES string of the molecule is Cc1ccnc(NS(=O)(=O)c2ccc(NC(=O)c3cc(-c4ccc(C)o4)nc4ccccc34)cc2)n1. The van der Waals surface area contributed by atoms with E-state index in [2.05, 4.69) is 25.0 Å². The summed E-state index contributed by atoms with van der Waals surface area (Å²) in [5.41, 5.74) is 2.68. The van der Waals surface area contributed by atoms with Crippen molar-refractivity contribution < 1.29 is 17.6 Å². The molecule has 0 radical (unpaired) electrons. The normalized spacial score (nSPS) is 11.4. The van der Waals surface area contributed by atoms with Gasteiger partial charge in [0, 0.05) is 23.0 Å². The molecule has 2 aromatic carbocycles. The van der Waals surface area contributed by atoms with Crippen LogP contribution >= 0.6 is 0 Å². The molecule has 9 nitrogen and oxygen atoms in total. The first-order valence-corrected chi connectivity index (χ1v) is 12.5. The largest absolute Gasteiger partial charge is 0.460 e. The van der Waals surface area contributed by atoms with E-state index in [1.807, 2.05) is 43.3 Å². The smallest absolute Gasteiger partial charge is 0.264 e. The summed E-state index contributed by atoms with van der Waals surface area (Å²) < 4.78 is 33.4. The predicted octanol–water partition coefficient (Wildman–Crippen LogP) is 4.95. The molecule has 0 aliphatic carbocycles. The zero-order valence-electron chi connectivity index (χ0n) is 19.4. The summed E-state index contributed by atoms with van der Waals surface area (Å²) in [6, 6.07) is 20.2. The summed E-state index contributed by atoms with van der Waals surface area (Å²) in [6.07, 6.45) is 1.47. The molecule has 3 aromatic heterocycles. The number of aryl methyl sites for hydroxylation is 2. The maximum atomic E-state index is 13.3. The van der Waals surface area contributed by atoms with E-state index in [1.165, 1.54) is 30.5 Å². The lowest BCUT2D eigenvalue weighted by atomic mass is 10.1. The number of para-hydroxylation sites is 1. The van der Waals surface area contributed by atoms with Crippen molar-refractivity contribution in [1.29, 1.82) is 0 Å². The molecule has 180 valence electrons. The zero-order valence-corrected chi connectivity index (χ0v) is 20.2.